The number of rotatable bonds is 8. The van der Waals surface area contributed by atoms with Gasteiger partial charge >= 0.3 is 13.7 Å². The molecular weight excluding hydrogens is 379 g/mol. The number of hydrogen-bond donors (Lipinski definition) is 2. The second-order valence-electron chi connectivity index (χ2n) is 6.19. The van der Waals surface area contributed by atoms with Crippen molar-refractivity contribution < 1.29 is 23.1 Å². The summed E-state index contributed by atoms with van der Waals surface area (Å²) in [5.41, 5.74) is 2.69. The van der Waals surface area contributed by atoms with Crippen LogP contribution in [0.5, 0.6) is 0 Å². The van der Waals surface area contributed by atoms with E-state index in [4.69, 9.17) is 13.8 Å². The van der Waals surface area contributed by atoms with Gasteiger partial charge in [-0.2, -0.15) is 0 Å². The molecule has 1 atom stereocenters. The fourth-order valence-corrected chi connectivity index (χ4v) is 4.32. The van der Waals surface area contributed by atoms with Crippen LogP contribution in [0.3, 0.4) is 0 Å². The molecule has 3 rings (SSSR count). The third-order valence-electron chi connectivity index (χ3n) is 4.48. The minimum absolute atomic E-state index is 0.108. The number of H-pyrrole nitrogens is 1. The molecule has 1 aromatic heterocycles. The van der Waals surface area contributed by atoms with E-state index in [9.17, 15) is 9.36 Å². The van der Waals surface area contributed by atoms with Crippen molar-refractivity contribution in [1.82, 2.24) is 10.3 Å². The minimum Gasteiger partial charge on any atom is -0.445 e. The van der Waals surface area contributed by atoms with Crippen LogP contribution in [0.2, 0.25) is 0 Å². The quantitative estimate of drug-likeness (QED) is 0.544. The van der Waals surface area contributed by atoms with Gasteiger partial charge in [-0.05, 0) is 17.2 Å². The summed E-state index contributed by atoms with van der Waals surface area (Å²) in [7, 11) is -0.995. The average molecular weight is 402 g/mol. The van der Waals surface area contributed by atoms with E-state index < -0.39 is 19.5 Å². The Kier molecular flexibility index (Phi) is 6.52. The standard InChI is InChI=1S/C20H23N2O5P/c1-25-28(24,26-2)19(12-16-13-21-18-11-7-6-10-17(16)18)22-20(23)27-14-15-8-4-3-5-9-15/h3-11,13,19,21H,12,14H2,1-2H3,(H,22,23)/t19-/m1/s1. The maximum Gasteiger partial charge on any atom is 0.408 e. The van der Waals surface area contributed by atoms with Crippen LogP contribution in [0, 0.1) is 0 Å². The number of carbonyl (C=O) groups excluding carboxylic acids is 1. The van der Waals surface area contributed by atoms with Crippen LogP contribution >= 0.6 is 7.60 Å². The molecular formula is C20H23N2O5P. The van der Waals surface area contributed by atoms with E-state index in [-0.39, 0.29) is 13.0 Å². The van der Waals surface area contributed by atoms with Gasteiger partial charge in [0.2, 0.25) is 0 Å². The Bertz CT molecular complexity index is 965. The third-order valence-corrected chi connectivity index (χ3v) is 6.57. The second kappa shape index (κ2) is 9.06. The largest absolute Gasteiger partial charge is 0.445 e. The van der Waals surface area contributed by atoms with Crippen molar-refractivity contribution in [2.75, 3.05) is 14.2 Å². The van der Waals surface area contributed by atoms with Crippen molar-refractivity contribution in [3.8, 4) is 0 Å². The van der Waals surface area contributed by atoms with E-state index in [0.29, 0.717) is 0 Å². The average Bonchev–Trinajstić information content (AvgIpc) is 3.15. The molecule has 0 radical (unpaired) electrons. The number of carbonyl (C=O) groups is 1. The maximum absolute atomic E-state index is 13.0. The zero-order chi connectivity index (χ0) is 20.0. The molecule has 1 amide bonds. The summed E-state index contributed by atoms with van der Waals surface area (Å²) in [5, 5.41) is 3.62. The van der Waals surface area contributed by atoms with Crippen molar-refractivity contribution in [1.29, 1.82) is 0 Å². The van der Waals surface area contributed by atoms with Crippen LogP contribution < -0.4 is 5.32 Å². The number of ether oxygens (including phenoxy) is 1. The SMILES string of the molecule is COP(=O)(OC)[C@H](Cc1c[nH]c2ccccc12)NC(=O)OCc1ccccc1. The summed E-state index contributed by atoms with van der Waals surface area (Å²) >= 11 is 0. The lowest BCUT2D eigenvalue weighted by molar-refractivity contribution is 0.136. The number of hydrogen-bond acceptors (Lipinski definition) is 5. The number of benzene rings is 2. The van der Waals surface area contributed by atoms with E-state index in [2.05, 4.69) is 10.3 Å². The molecule has 0 aliphatic heterocycles. The Morgan fingerprint density at radius 1 is 1.07 bits per heavy atom. The van der Waals surface area contributed by atoms with Crippen molar-refractivity contribution >= 4 is 24.6 Å². The summed E-state index contributed by atoms with van der Waals surface area (Å²) in [6.07, 6.45) is 1.39. The topological polar surface area (TPSA) is 89.7 Å². The van der Waals surface area contributed by atoms with Gasteiger partial charge < -0.3 is 24.1 Å². The van der Waals surface area contributed by atoms with Crippen LogP contribution in [-0.4, -0.2) is 31.1 Å². The van der Waals surface area contributed by atoms with E-state index >= 15 is 0 Å². The van der Waals surface area contributed by atoms with Gasteiger partial charge in [0, 0.05) is 37.7 Å². The lowest BCUT2D eigenvalue weighted by Gasteiger charge is -2.25. The molecule has 148 valence electrons. The molecule has 0 spiro atoms. The van der Waals surface area contributed by atoms with Crippen molar-refractivity contribution in [2.24, 2.45) is 0 Å². The summed E-state index contributed by atoms with van der Waals surface area (Å²) in [4.78, 5) is 15.5. The first-order chi connectivity index (χ1) is 13.6. The highest BCUT2D eigenvalue weighted by Crippen LogP contribution is 2.51. The van der Waals surface area contributed by atoms with Crippen LogP contribution in [0.15, 0.2) is 60.8 Å². The maximum atomic E-state index is 13.0. The summed E-state index contributed by atoms with van der Waals surface area (Å²) in [6, 6.07) is 17.1. The zero-order valence-corrected chi connectivity index (χ0v) is 16.6. The fraction of sp³-hybridized carbons (Fsp3) is 0.250. The second-order valence-corrected chi connectivity index (χ2v) is 8.62. The summed E-state index contributed by atoms with van der Waals surface area (Å²) in [5.74, 6) is -0.898. The molecule has 0 aliphatic carbocycles. The highest BCUT2D eigenvalue weighted by atomic mass is 31.2. The third kappa shape index (κ3) is 4.62. The minimum atomic E-state index is -3.59. The van der Waals surface area contributed by atoms with Crippen molar-refractivity contribution in [3.63, 3.8) is 0 Å². The Morgan fingerprint density at radius 2 is 1.75 bits per heavy atom. The smallest absolute Gasteiger partial charge is 0.408 e. The van der Waals surface area contributed by atoms with E-state index in [1.165, 1.54) is 14.2 Å². The molecule has 7 nitrogen and oxygen atoms in total. The van der Waals surface area contributed by atoms with E-state index in [1.807, 2.05) is 60.8 Å². The zero-order valence-electron chi connectivity index (χ0n) is 15.8. The van der Waals surface area contributed by atoms with Gasteiger partial charge in [0.1, 0.15) is 12.4 Å². The molecule has 0 fully saturated rings. The molecule has 2 aromatic carbocycles. The van der Waals surface area contributed by atoms with Gasteiger partial charge in [0.15, 0.2) is 0 Å². The number of fused-ring (bicyclic) bond motifs is 1. The highest BCUT2D eigenvalue weighted by Gasteiger charge is 2.36. The van der Waals surface area contributed by atoms with Gasteiger partial charge in [-0.15, -0.1) is 0 Å². The first kappa shape index (κ1) is 20.1. The summed E-state index contributed by atoms with van der Waals surface area (Å²) in [6.45, 7) is 0.108. The van der Waals surface area contributed by atoms with E-state index in [1.54, 1.807) is 0 Å². The Hall–Kier alpha value is -2.60. The number of amides is 1. The lowest BCUT2D eigenvalue weighted by Crippen LogP contribution is -2.37. The van der Waals surface area contributed by atoms with Crippen LogP contribution in [-0.2, 0) is 31.4 Å². The summed E-state index contributed by atoms with van der Waals surface area (Å²) < 4.78 is 28.5. The first-order valence-electron chi connectivity index (χ1n) is 8.79. The lowest BCUT2D eigenvalue weighted by atomic mass is 10.1. The van der Waals surface area contributed by atoms with Gasteiger partial charge in [-0.3, -0.25) is 4.57 Å². The molecule has 8 heteroatoms. The first-order valence-corrected chi connectivity index (χ1v) is 10.4. The van der Waals surface area contributed by atoms with Crippen LogP contribution in [0.1, 0.15) is 11.1 Å². The molecule has 0 bridgehead atoms. The Labute approximate surface area is 163 Å². The van der Waals surface area contributed by atoms with Crippen LogP contribution in [0.25, 0.3) is 10.9 Å². The normalized spacial score (nSPS) is 12.6. The van der Waals surface area contributed by atoms with Gasteiger partial charge in [0.25, 0.3) is 0 Å². The monoisotopic (exact) mass is 402 g/mol. The van der Waals surface area contributed by atoms with Gasteiger partial charge in [-0.25, -0.2) is 4.79 Å². The van der Waals surface area contributed by atoms with Crippen LogP contribution in [0.4, 0.5) is 4.79 Å². The number of nitrogens with one attached hydrogen (secondary N) is 2. The molecule has 3 aromatic rings. The number of alkyl carbamates (subject to hydrolysis) is 1. The predicted molar refractivity (Wildman–Crippen MR) is 107 cm³/mol. The Balaban J connectivity index is 1.75. The molecule has 0 aliphatic rings. The molecule has 0 unspecified atom stereocenters. The molecule has 28 heavy (non-hydrogen) atoms. The van der Waals surface area contributed by atoms with Crippen molar-refractivity contribution in [3.05, 3.63) is 71.9 Å². The molecule has 1 heterocycles. The number of para-hydroxylation sites is 1. The molecule has 0 saturated carbocycles. The highest BCUT2D eigenvalue weighted by molar-refractivity contribution is 7.54. The predicted octanol–water partition coefficient (Wildman–Crippen LogP) is 4.45. The molecule has 2 N–H and O–H groups in total. The van der Waals surface area contributed by atoms with E-state index in [0.717, 1.165) is 22.0 Å². The molecule has 0 saturated heterocycles. The number of aromatic amines is 1. The Morgan fingerprint density at radius 3 is 2.46 bits per heavy atom. The van der Waals surface area contributed by atoms with Crippen molar-refractivity contribution in [2.45, 2.75) is 18.8 Å². The van der Waals surface area contributed by atoms with Gasteiger partial charge in [-0.1, -0.05) is 48.5 Å². The van der Waals surface area contributed by atoms with Gasteiger partial charge in [0.05, 0.1) is 0 Å². The number of aromatic nitrogens is 1. The fourth-order valence-electron chi connectivity index (χ4n) is 2.98.